The van der Waals surface area contributed by atoms with Crippen LogP contribution in [-0.4, -0.2) is 39.9 Å². The van der Waals surface area contributed by atoms with Crippen LogP contribution < -0.4 is 0 Å². The Morgan fingerprint density at radius 2 is 1.25 bits per heavy atom. The highest BCUT2D eigenvalue weighted by Gasteiger charge is 2.26. The van der Waals surface area contributed by atoms with Crippen LogP contribution in [0.3, 0.4) is 0 Å². The zero-order valence-electron chi connectivity index (χ0n) is 33.3. The van der Waals surface area contributed by atoms with E-state index in [-0.39, 0.29) is 5.89 Å². The number of fused-ring (bicyclic) bond motifs is 1. The molecule has 12 nitrogen and oxygen atoms in total. The molecule has 9 aromatic rings. The van der Waals surface area contributed by atoms with E-state index in [9.17, 15) is 0 Å². The number of pyridine rings is 4. The first-order valence-electron chi connectivity index (χ1n) is 19.3. The Morgan fingerprint density at radius 3 is 1.89 bits per heavy atom. The molecule has 0 unspecified atom stereocenters. The number of nitrogens with zero attached hydrogens (tertiary/aromatic N) is 8. The maximum absolute atomic E-state index is 6.50. The molecule has 0 bridgehead atoms. The lowest BCUT2D eigenvalue weighted by molar-refractivity contribution is 0.553. The first kappa shape index (κ1) is 38.2. The minimum atomic E-state index is 0.287. The Morgan fingerprint density at radius 1 is 0.639 bits per heavy atom. The van der Waals surface area contributed by atoms with Crippen molar-refractivity contribution in [2.45, 2.75) is 20.3 Å². The number of allylic oxidation sites excluding steroid dienone is 4. The van der Waals surface area contributed by atoms with E-state index in [4.69, 9.17) is 42.6 Å². The summed E-state index contributed by atoms with van der Waals surface area (Å²) in [6, 6.07) is 18.9. The molecule has 0 amide bonds. The van der Waals surface area contributed by atoms with Gasteiger partial charge in [0.1, 0.15) is 22.6 Å². The van der Waals surface area contributed by atoms with Crippen molar-refractivity contribution in [3.05, 3.63) is 171 Å². The molecule has 0 aliphatic rings. The Bertz CT molecular complexity index is 3170. The Labute approximate surface area is 350 Å². The van der Waals surface area contributed by atoms with E-state index in [2.05, 4.69) is 41.3 Å². The number of oxazole rings is 4. The van der Waals surface area contributed by atoms with Gasteiger partial charge in [-0.15, -0.1) is 0 Å². The predicted octanol–water partition coefficient (Wildman–Crippen LogP) is 11.8. The number of aromatic nitrogens is 8. The van der Waals surface area contributed by atoms with Gasteiger partial charge in [0, 0.05) is 59.5 Å². The maximum atomic E-state index is 6.50. The second kappa shape index (κ2) is 16.1. The average molecular weight is 801 g/mol. The second-order valence-corrected chi connectivity index (χ2v) is 13.8. The number of para-hydroxylation sites is 2. The molecule has 0 saturated carbocycles. The molecular weight excluding hydrogens is 765 g/mol. The molecule has 61 heavy (non-hydrogen) atoms. The van der Waals surface area contributed by atoms with Crippen LogP contribution in [0.15, 0.2) is 154 Å². The molecule has 0 saturated heterocycles. The van der Waals surface area contributed by atoms with Crippen LogP contribution in [0.4, 0.5) is 0 Å². The Hall–Kier alpha value is -8.38. The Kier molecular flexibility index (Phi) is 10.1. The topological polar surface area (TPSA) is 156 Å². The third-order valence-electron chi connectivity index (χ3n) is 9.91. The summed E-state index contributed by atoms with van der Waals surface area (Å²) in [5, 5.41) is 0. The summed E-state index contributed by atoms with van der Waals surface area (Å²) in [6.07, 6.45) is 17.8. The van der Waals surface area contributed by atoms with Gasteiger partial charge in [0.05, 0.1) is 33.6 Å². The van der Waals surface area contributed by atoms with Crippen molar-refractivity contribution in [1.82, 2.24) is 39.9 Å². The number of hydrogen-bond acceptors (Lipinski definition) is 12. The number of hydrogen-bond donors (Lipinski definition) is 0. The van der Waals surface area contributed by atoms with Gasteiger partial charge in [-0.3, -0.25) is 19.9 Å². The van der Waals surface area contributed by atoms with Gasteiger partial charge in [-0.1, -0.05) is 57.5 Å². The highest BCUT2D eigenvalue weighted by molar-refractivity contribution is 6.02. The summed E-state index contributed by atoms with van der Waals surface area (Å²) in [5.41, 5.74) is 9.57. The van der Waals surface area contributed by atoms with Gasteiger partial charge < -0.3 is 17.7 Å². The fourth-order valence-corrected chi connectivity index (χ4v) is 6.82. The minimum absolute atomic E-state index is 0.287. The predicted molar refractivity (Wildman–Crippen MR) is 236 cm³/mol. The van der Waals surface area contributed by atoms with Gasteiger partial charge in [0.2, 0.25) is 23.6 Å². The third kappa shape index (κ3) is 7.23. The SMILES string of the molecule is C=CC=Cc1oc(-c2cncc(-c3cncc(-c4nc(CC)c(C(=C)C(=C)c5oc(-c6cccnc6-c6ncccc6-c6nc7ccccc7o6)nc5C=C)o4)c3)c2)nc1C. The number of rotatable bonds is 13. The zero-order chi connectivity index (χ0) is 42.0. The molecule has 12 heteroatoms. The first-order chi connectivity index (χ1) is 29.8. The molecule has 9 rings (SSSR count). The zero-order valence-corrected chi connectivity index (χ0v) is 33.3. The molecule has 0 spiro atoms. The summed E-state index contributed by atoms with van der Waals surface area (Å²) in [7, 11) is 0. The molecule has 0 N–H and O–H groups in total. The van der Waals surface area contributed by atoms with Crippen LogP contribution in [0.25, 0.3) is 103 Å². The highest BCUT2D eigenvalue weighted by atomic mass is 16.4. The summed E-state index contributed by atoms with van der Waals surface area (Å²) < 4.78 is 25.1. The van der Waals surface area contributed by atoms with Crippen molar-refractivity contribution in [1.29, 1.82) is 0 Å². The summed E-state index contributed by atoms with van der Waals surface area (Å²) in [5.74, 6) is 3.01. The van der Waals surface area contributed by atoms with Gasteiger partial charge in [0.15, 0.2) is 22.9 Å². The highest BCUT2D eigenvalue weighted by Crippen LogP contribution is 2.40. The van der Waals surface area contributed by atoms with E-state index in [0.29, 0.717) is 97.6 Å². The van der Waals surface area contributed by atoms with E-state index >= 15 is 0 Å². The molecule has 0 aliphatic carbocycles. The van der Waals surface area contributed by atoms with Gasteiger partial charge in [-0.25, -0.2) is 19.9 Å². The van der Waals surface area contributed by atoms with Crippen molar-refractivity contribution >= 4 is 34.4 Å². The Balaban J connectivity index is 1.01. The molecule has 0 atom stereocenters. The van der Waals surface area contributed by atoms with E-state index in [1.165, 1.54) is 0 Å². The lowest BCUT2D eigenvalue weighted by atomic mass is 10.0. The molecule has 1 aromatic carbocycles. The second-order valence-electron chi connectivity index (χ2n) is 13.8. The van der Waals surface area contributed by atoms with Gasteiger partial charge in [0.25, 0.3) is 0 Å². The van der Waals surface area contributed by atoms with Crippen molar-refractivity contribution < 1.29 is 17.7 Å². The first-order valence-corrected chi connectivity index (χ1v) is 19.3. The van der Waals surface area contributed by atoms with Crippen LogP contribution >= 0.6 is 0 Å². The average Bonchev–Trinajstić information content (AvgIpc) is 4.13. The van der Waals surface area contributed by atoms with Gasteiger partial charge in [-0.2, -0.15) is 0 Å². The largest absolute Gasteiger partial charge is 0.436 e. The normalized spacial score (nSPS) is 11.4. The standard InChI is InChI=1S/C49H36N8O4/c1-7-10-18-40-30(6)54-46(58-40)33-22-31(24-50-26-33)32-23-34(27-51-25-32)47-55-37(8-2)44(60-47)28(4)29(5)45-38(9-3)56-49(61-45)36-16-14-21-53-43(36)42-35(15-13-20-52-42)48-57-39-17-11-12-19-41(39)59-48/h7,9-27H,1,3-5,8H2,2,6H3. The van der Waals surface area contributed by atoms with E-state index < -0.39 is 0 Å². The van der Waals surface area contributed by atoms with Crippen LogP contribution in [0.2, 0.25) is 0 Å². The quantitative estimate of drug-likeness (QED) is 0.102. The summed E-state index contributed by atoms with van der Waals surface area (Å²) in [6.45, 7) is 20.4. The molecule has 296 valence electrons. The smallest absolute Gasteiger partial charge is 0.229 e. The minimum Gasteiger partial charge on any atom is -0.436 e. The lowest BCUT2D eigenvalue weighted by Crippen LogP contribution is -1.95. The summed E-state index contributed by atoms with van der Waals surface area (Å²) in [4.78, 5) is 37.4. The molecule has 0 aliphatic heterocycles. The van der Waals surface area contributed by atoms with Crippen LogP contribution in [-0.2, 0) is 6.42 Å². The van der Waals surface area contributed by atoms with Gasteiger partial charge in [-0.05, 0) is 74.0 Å². The molecule has 0 radical (unpaired) electrons. The van der Waals surface area contributed by atoms with Crippen molar-refractivity contribution in [3.8, 4) is 68.3 Å². The van der Waals surface area contributed by atoms with Crippen LogP contribution in [0, 0.1) is 6.92 Å². The lowest BCUT2D eigenvalue weighted by Gasteiger charge is -2.08. The molecule has 0 fully saturated rings. The monoisotopic (exact) mass is 800 g/mol. The van der Waals surface area contributed by atoms with Crippen molar-refractivity contribution in [2.75, 3.05) is 0 Å². The molecule has 8 heterocycles. The molecular formula is C49H36N8O4. The fraction of sp³-hybridized carbons (Fsp3) is 0.0612. The maximum Gasteiger partial charge on any atom is 0.229 e. The van der Waals surface area contributed by atoms with Crippen LogP contribution in [0.5, 0.6) is 0 Å². The van der Waals surface area contributed by atoms with Crippen molar-refractivity contribution in [3.63, 3.8) is 0 Å². The van der Waals surface area contributed by atoms with Crippen LogP contribution in [0.1, 0.15) is 41.3 Å². The van der Waals surface area contributed by atoms with E-state index in [0.717, 1.165) is 27.9 Å². The van der Waals surface area contributed by atoms with Gasteiger partial charge >= 0.3 is 0 Å². The third-order valence-corrected chi connectivity index (χ3v) is 9.91. The van der Waals surface area contributed by atoms with E-state index in [1.807, 2.05) is 80.6 Å². The number of aryl methyl sites for hydroxylation is 2. The van der Waals surface area contributed by atoms with E-state index in [1.54, 1.807) is 55.4 Å². The number of benzene rings is 1. The molecule has 8 aromatic heterocycles. The summed E-state index contributed by atoms with van der Waals surface area (Å²) >= 11 is 0. The fourth-order valence-electron chi connectivity index (χ4n) is 6.82. The van der Waals surface area contributed by atoms with Crippen molar-refractivity contribution in [2.24, 2.45) is 0 Å².